The molecule has 0 atom stereocenters. The fourth-order valence-electron chi connectivity index (χ4n) is 3.48. The molecule has 33 heavy (non-hydrogen) atoms. The molecule has 1 aromatic carbocycles. The number of benzene rings is 1. The maximum atomic E-state index is 11.6. The number of nitrogens with two attached hydrogens (primary N) is 1. The number of carbonyl (C=O) groups excluding carboxylic acids is 1. The van der Waals surface area contributed by atoms with Gasteiger partial charge in [0.2, 0.25) is 5.91 Å². The van der Waals surface area contributed by atoms with Gasteiger partial charge in [-0.2, -0.15) is 10.2 Å². The van der Waals surface area contributed by atoms with Gasteiger partial charge in [0, 0.05) is 23.5 Å². The highest BCUT2D eigenvalue weighted by Crippen LogP contribution is 2.29. The first-order valence-corrected chi connectivity index (χ1v) is 10.7. The quantitative estimate of drug-likeness (QED) is 0.463. The van der Waals surface area contributed by atoms with Crippen molar-refractivity contribution in [2.45, 2.75) is 39.8 Å². The molecule has 0 saturated carbocycles. The van der Waals surface area contributed by atoms with E-state index in [4.69, 9.17) is 5.73 Å². The summed E-state index contributed by atoms with van der Waals surface area (Å²) in [6.45, 7) is 7.36. The van der Waals surface area contributed by atoms with Gasteiger partial charge < -0.3 is 10.8 Å². The topological polar surface area (TPSA) is 98.4 Å². The van der Waals surface area contributed by atoms with Crippen LogP contribution in [0.15, 0.2) is 61.2 Å². The van der Waals surface area contributed by atoms with Crippen LogP contribution >= 0.6 is 0 Å². The molecule has 0 aliphatic carbocycles. The van der Waals surface area contributed by atoms with Crippen molar-refractivity contribution in [1.29, 1.82) is 0 Å². The molecule has 4 rings (SSSR count). The van der Waals surface area contributed by atoms with E-state index in [0.717, 1.165) is 33.3 Å². The minimum absolute atomic E-state index is 0.420. The highest BCUT2D eigenvalue weighted by atomic mass is 16.3. The molecule has 0 aliphatic heterocycles. The summed E-state index contributed by atoms with van der Waals surface area (Å²) in [5.41, 5.74) is 9.31. The highest BCUT2D eigenvalue weighted by molar-refractivity contribution is 5.87. The zero-order chi connectivity index (χ0) is 23.8. The minimum Gasteiger partial charge on any atom is -0.389 e. The predicted molar refractivity (Wildman–Crippen MR) is 128 cm³/mol. The van der Waals surface area contributed by atoms with Gasteiger partial charge in [-0.15, -0.1) is 0 Å². The molecule has 7 heteroatoms. The lowest BCUT2D eigenvalue weighted by Crippen LogP contribution is -2.29. The molecule has 168 valence electrons. The third-order valence-corrected chi connectivity index (χ3v) is 5.38. The van der Waals surface area contributed by atoms with Crippen LogP contribution < -0.4 is 5.73 Å². The van der Waals surface area contributed by atoms with E-state index in [1.54, 1.807) is 43.1 Å². The van der Waals surface area contributed by atoms with E-state index >= 15 is 0 Å². The maximum absolute atomic E-state index is 11.6. The Balaban J connectivity index is 1.68. The zero-order valence-electron chi connectivity index (χ0n) is 19.2. The fourth-order valence-corrected chi connectivity index (χ4v) is 3.48. The number of rotatable bonds is 5. The summed E-state index contributed by atoms with van der Waals surface area (Å²) >= 11 is 0. The number of carbonyl (C=O) groups is 1. The van der Waals surface area contributed by atoms with Crippen LogP contribution in [-0.2, 0) is 11.3 Å². The molecule has 0 aliphatic rings. The molecule has 3 heterocycles. The Morgan fingerprint density at radius 2 is 1.73 bits per heavy atom. The Labute approximate surface area is 192 Å². The second-order valence-corrected chi connectivity index (χ2v) is 9.33. The van der Waals surface area contributed by atoms with Gasteiger partial charge in [0.05, 0.1) is 35.6 Å². The Hall–Kier alpha value is -3.89. The first-order valence-electron chi connectivity index (χ1n) is 10.7. The smallest absolute Gasteiger partial charge is 0.235 e. The summed E-state index contributed by atoms with van der Waals surface area (Å²) < 4.78 is 3.53. The van der Waals surface area contributed by atoms with Crippen LogP contribution in [0, 0.1) is 17.3 Å². The number of aliphatic hydroxyl groups is 1. The van der Waals surface area contributed by atoms with Crippen molar-refractivity contribution in [3.05, 3.63) is 66.7 Å². The van der Waals surface area contributed by atoms with E-state index in [9.17, 15) is 9.90 Å². The van der Waals surface area contributed by atoms with E-state index in [2.05, 4.69) is 22.0 Å². The van der Waals surface area contributed by atoms with Crippen LogP contribution in [0.1, 0.15) is 33.3 Å². The predicted octanol–water partition coefficient (Wildman–Crippen LogP) is 3.50. The number of hydrogen-bond acceptors (Lipinski definition) is 4. The van der Waals surface area contributed by atoms with Crippen molar-refractivity contribution in [3.63, 3.8) is 0 Å². The standard InChI is InChI=1S/C26H27N5O2/c1-25(2,24(27)32)12-11-20-6-5-13-31-23(20)22(15-29-31)19-9-7-18(8-10-19)21-14-28-30(16-21)17-26(3,4)33/h5-10,13-16,33H,17H2,1-4H3,(H2,27,32). The summed E-state index contributed by atoms with van der Waals surface area (Å²) in [7, 11) is 0. The Morgan fingerprint density at radius 1 is 1.03 bits per heavy atom. The van der Waals surface area contributed by atoms with Gasteiger partial charge in [-0.1, -0.05) is 36.1 Å². The number of aromatic nitrogens is 4. The van der Waals surface area contributed by atoms with E-state index in [0.29, 0.717) is 6.54 Å². The lowest BCUT2D eigenvalue weighted by molar-refractivity contribution is -0.123. The number of amides is 1. The number of primary amides is 1. The molecule has 0 fully saturated rings. The number of pyridine rings is 1. The summed E-state index contributed by atoms with van der Waals surface area (Å²) in [6, 6.07) is 11.9. The molecular formula is C26H27N5O2. The van der Waals surface area contributed by atoms with E-state index in [1.807, 2.05) is 55.0 Å². The molecule has 0 saturated heterocycles. The maximum Gasteiger partial charge on any atom is 0.235 e. The first-order chi connectivity index (χ1) is 15.5. The average Bonchev–Trinajstić information content (AvgIpc) is 3.38. The van der Waals surface area contributed by atoms with Gasteiger partial charge in [0.15, 0.2) is 0 Å². The van der Waals surface area contributed by atoms with Gasteiger partial charge in [0.1, 0.15) is 5.41 Å². The van der Waals surface area contributed by atoms with Gasteiger partial charge in [-0.05, 0) is 51.0 Å². The van der Waals surface area contributed by atoms with Crippen molar-refractivity contribution in [1.82, 2.24) is 19.4 Å². The molecule has 4 aromatic rings. The second-order valence-electron chi connectivity index (χ2n) is 9.33. The number of hydrogen-bond donors (Lipinski definition) is 2. The van der Waals surface area contributed by atoms with Crippen molar-refractivity contribution in [2.75, 3.05) is 0 Å². The lowest BCUT2D eigenvalue weighted by atomic mass is 9.93. The van der Waals surface area contributed by atoms with E-state index in [1.165, 1.54) is 0 Å². The summed E-state index contributed by atoms with van der Waals surface area (Å²) in [4.78, 5) is 11.6. The molecule has 7 nitrogen and oxygen atoms in total. The number of nitrogens with zero attached hydrogens (tertiary/aromatic N) is 4. The summed E-state index contributed by atoms with van der Waals surface area (Å²) in [5.74, 6) is 5.65. The zero-order valence-corrected chi connectivity index (χ0v) is 19.2. The van der Waals surface area contributed by atoms with Crippen molar-refractivity contribution < 1.29 is 9.90 Å². The Kier molecular flexibility index (Phi) is 5.56. The third-order valence-electron chi connectivity index (χ3n) is 5.38. The molecule has 0 spiro atoms. The van der Waals surface area contributed by atoms with Gasteiger partial charge in [0.25, 0.3) is 0 Å². The molecule has 3 N–H and O–H groups in total. The minimum atomic E-state index is -0.926. The van der Waals surface area contributed by atoms with Crippen LogP contribution in [0.5, 0.6) is 0 Å². The van der Waals surface area contributed by atoms with Gasteiger partial charge in [-0.3, -0.25) is 9.48 Å². The fraction of sp³-hybridized carbons (Fsp3) is 0.269. The molecule has 0 unspecified atom stereocenters. The van der Waals surface area contributed by atoms with E-state index in [-0.39, 0.29) is 0 Å². The first kappa shape index (κ1) is 22.3. The van der Waals surface area contributed by atoms with Crippen molar-refractivity contribution in [2.24, 2.45) is 11.1 Å². The Morgan fingerprint density at radius 3 is 2.39 bits per heavy atom. The number of fused-ring (bicyclic) bond motifs is 1. The molecule has 1 amide bonds. The van der Waals surface area contributed by atoms with Gasteiger partial charge >= 0.3 is 0 Å². The lowest BCUT2D eigenvalue weighted by Gasteiger charge is -2.16. The average molecular weight is 442 g/mol. The van der Waals surface area contributed by atoms with Crippen LogP contribution in [0.3, 0.4) is 0 Å². The SMILES string of the molecule is CC(C)(O)Cn1cc(-c2ccc(-c3cnn4cccc(C#CC(C)(C)C(N)=O)c34)cc2)cn1. The van der Waals surface area contributed by atoms with E-state index < -0.39 is 16.9 Å². The van der Waals surface area contributed by atoms with Crippen LogP contribution in [0.4, 0.5) is 0 Å². The largest absolute Gasteiger partial charge is 0.389 e. The Bertz CT molecular complexity index is 1380. The summed E-state index contributed by atoms with van der Waals surface area (Å²) in [6.07, 6.45) is 7.41. The monoisotopic (exact) mass is 441 g/mol. The second kappa shape index (κ2) is 8.23. The van der Waals surface area contributed by atoms with Crippen LogP contribution in [0.2, 0.25) is 0 Å². The van der Waals surface area contributed by atoms with Crippen LogP contribution in [-0.4, -0.2) is 36.0 Å². The third kappa shape index (κ3) is 4.81. The van der Waals surface area contributed by atoms with Crippen molar-refractivity contribution in [3.8, 4) is 34.1 Å². The van der Waals surface area contributed by atoms with Crippen molar-refractivity contribution >= 4 is 11.4 Å². The normalized spacial score (nSPS) is 11.9. The molecule has 3 aromatic heterocycles. The molecular weight excluding hydrogens is 414 g/mol. The van der Waals surface area contributed by atoms with Gasteiger partial charge in [-0.25, -0.2) is 4.52 Å². The highest BCUT2D eigenvalue weighted by Gasteiger charge is 2.22. The molecule has 0 radical (unpaired) electrons. The summed E-state index contributed by atoms with van der Waals surface area (Å²) in [5, 5.41) is 18.8. The molecule has 0 bridgehead atoms. The van der Waals surface area contributed by atoms with Crippen LogP contribution in [0.25, 0.3) is 27.8 Å².